The van der Waals surface area contributed by atoms with E-state index >= 15 is 0 Å². The molecule has 1 aliphatic heterocycles. The fraction of sp³-hybridized carbons (Fsp3) is 0. The maximum Gasteiger partial charge on any atom is 0.177 e. The van der Waals surface area contributed by atoms with E-state index in [4.69, 9.17) is 11.5 Å². The Bertz CT molecular complexity index is 673. The van der Waals surface area contributed by atoms with Crippen LogP contribution in [0.25, 0.3) is 11.0 Å². The van der Waals surface area contributed by atoms with Crippen molar-refractivity contribution < 1.29 is 0 Å². The Kier molecular flexibility index (Phi) is 2.15. The Morgan fingerprint density at radius 2 is 1.78 bits per heavy atom. The normalized spacial score (nSPS) is 14.6. The van der Waals surface area contributed by atoms with Crippen molar-refractivity contribution >= 4 is 34.1 Å². The maximum absolute atomic E-state index is 5.56. The van der Waals surface area contributed by atoms with Gasteiger partial charge in [0, 0.05) is 0 Å². The molecule has 18 heavy (non-hydrogen) atoms. The zero-order valence-corrected chi connectivity index (χ0v) is 9.12. The van der Waals surface area contributed by atoms with Crippen LogP contribution < -0.4 is 16.9 Å². The highest BCUT2D eigenvalue weighted by molar-refractivity contribution is 6.68. The minimum Gasteiger partial charge on any atom is -0.380 e. The fourth-order valence-electron chi connectivity index (χ4n) is 1.48. The zero-order chi connectivity index (χ0) is 12.5. The Morgan fingerprint density at radius 3 is 2.56 bits per heavy atom. The standard InChI is InChI=1S/C9H9N9/c10-8-7(9(11)17-16-8)15-12-4-1-2-5-6(3-4)14-18-13-5/h1-3,12H,(H,13,14,18)(H4,10,11,15,16,17). The SMILES string of the molecule is NC1=NN=C(N)C1=NNc1ccc2n[nH]nc2c1. The van der Waals surface area contributed by atoms with Crippen LogP contribution in [-0.2, 0) is 0 Å². The Balaban J connectivity index is 1.86. The highest BCUT2D eigenvalue weighted by atomic mass is 15.4. The van der Waals surface area contributed by atoms with E-state index < -0.39 is 0 Å². The van der Waals surface area contributed by atoms with E-state index in [1.165, 1.54) is 0 Å². The molecular formula is C9H9N9. The van der Waals surface area contributed by atoms with Crippen molar-refractivity contribution in [2.45, 2.75) is 0 Å². The molecule has 1 aliphatic rings. The van der Waals surface area contributed by atoms with Gasteiger partial charge in [0.25, 0.3) is 0 Å². The lowest BCUT2D eigenvalue weighted by Gasteiger charge is -2.01. The van der Waals surface area contributed by atoms with Crippen LogP contribution >= 0.6 is 0 Å². The predicted molar refractivity (Wildman–Crippen MR) is 68.2 cm³/mol. The number of rotatable bonds is 2. The van der Waals surface area contributed by atoms with E-state index in [1.54, 1.807) is 6.07 Å². The minimum atomic E-state index is 0.183. The Labute approximate surface area is 101 Å². The molecule has 0 unspecified atom stereocenters. The number of aromatic amines is 1. The van der Waals surface area contributed by atoms with Crippen molar-refractivity contribution in [3.63, 3.8) is 0 Å². The first kappa shape index (κ1) is 10.2. The average Bonchev–Trinajstić information content (AvgIpc) is 2.94. The van der Waals surface area contributed by atoms with Crippen LogP contribution in [0.2, 0.25) is 0 Å². The second kappa shape index (κ2) is 3.80. The van der Waals surface area contributed by atoms with Gasteiger partial charge in [-0.15, -0.1) is 10.2 Å². The molecule has 2 heterocycles. The third-order valence-corrected chi connectivity index (χ3v) is 2.36. The molecule has 3 rings (SSSR count). The van der Waals surface area contributed by atoms with E-state index in [9.17, 15) is 0 Å². The summed E-state index contributed by atoms with van der Waals surface area (Å²) in [6.45, 7) is 0. The van der Waals surface area contributed by atoms with E-state index in [2.05, 4.69) is 36.1 Å². The number of hydrogen-bond donors (Lipinski definition) is 4. The molecule has 1 aromatic carbocycles. The molecule has 1 aromatic heterocycles. The van der Waals surface area contributed by atoms with Gasteiger partial charge < -0.3 is 11.5 Å². The molecule has 90 valence electrons. The number of nitrogens with one attached hydrogen (secondary N) is 2. The summed E-state index contributed by atoms with van der Waals surface area (Å²) in [5, 5.41) is 21.7. The van der Waals surface area contributed by atoms with E-state index in [0.29, 0.717) is 5.71 Å². The van der Waals surface area contributed by atoms with Gasteiger partial charge in [-0.1, -0.05) is 0 Å². The number of aromatic nitrogens is 3. The molecule has 9 nitrogen and oxygen atoms in total. The molecule has 0 aliphatic carbocycles. The van der Waals surface area contributed by atoms with Crippen LogP contribution in [0.15, 0.2) is 33.5 Å². The zero-order valence-electron chi connectivity index (χ0n) is 9.12. The first-order chi connectivity index (χ1) is 8.74. The summed E-state index contributed by atoms with van der Waals surface area (Å²) in [5.41, 5.74) is 16.5. The smallest absolute Gasteiger partial charge is 0.177 e. The molecule has 0 bridgehead atoms. The van der Waals surface area contributed by atoms with Crippen LogP contribution in [0.5, 0.6) is 0 Å². The third-order valence-electron chi connectivity index (χ3n) is 2.36. The number of hydrogen-bond acceptors (Lipinski definition) is 8. The van der Waals surface area contributed by atoms with Gasteiger partial charge >= 0.3 is 0 Å². The van der Waals surface area contributed by atoms with Crippen LogP contribution in [0.3, 0.4) is 0 Å². The number of nitrogens with zero attached hydrogens (tertiary/aromatic N) is 5. The molecule has 0 fully saturated rings. The van der Waals surface area contributed by atoms with Gasteiger partial charge in [-0.2, -0.15) is 20.5 Å². The van der Waals surface area contributed by atoms with Gasteiger partial charge in [-0.25, -0.2) is 0 Å². The van der Waals surface area contributed by atoms with Gasteiger partial charge in [-0.05, 0) is 18.2 Å². The number of hydrazone groups is 1. The third kappa shape index (κ3) is 1.63. The molecule has 2 aromatic rings. The number of amidine groups is 2. The summed E-state index contributed by atoms with van der Waals surface area (Å²) in [6, 6.07) is 5.41. The van der Waals surface area contributed by atoms with Crippen LogP contribution in [0, 0.1) is 0 Å². The average molecular weight is 243 g/mol. The lowest BCUT2D eigenvalue weighted by atomic mass is 10.3. The van der Waals surface area contributed by atoms with Crippen LogP contribution in [-0.4, -0.2) is 32.8 Å². The summed E-state index contributed by atoms with van der Waals surface area (Å²) >= 11 is 0. The monoisotopic (exact) mass is 243 g/mol. The first-order valence-corrected chi connectivity index (χ1v) is 5.05. The Morgan fingerprint density at radius 1 is 1.06 bits per heavy atom. The van der Waals surface area contributed by atoms with Gasteiger partial charge in [0.15, 0.2) is 17.4 Å². The second-order valence-corrected chi connectivity index (χ2v) is 3.57. The van der Waals surface area contributed by atoms with Gasteiger partial charge in [0.1, 0.15) is 11.0 Å². The van der Waals surface area contributed by atoms with Gasteiger partial charge in [-0.3, -0.25) is 5.43 Å². The van der Waals surface area contributed by atoms with Gasteiger partial charge in [0.2, 0.25) is 0 Å². The highest BCUT2D eigenvalue weighted by Crippen LogP contribution is 2.14. The quantitative estimate of drug-likeness (QED) is 0.519. The molecule has 0 saturated heterocycles. The number of nitrogens with two attached hydrogens (primary N) is 2. The molecule has 6 N–H and O–H groups in total. The van der Waals surface area contributed by atoms with E-state index in [1.807, 2.05) is 12.1 Å². The number of H-pyrrole nitrogens is 1. The summed E-state index contributed by atoms with van der Waals surface area (Å²) in [4.78, 5) is 0. The van der Waals surface area contributed by atoms with Crippen LogP contribution in [0.4, 0.5) is 5.69 Å². The van der Waals surface area contributed by atoms with Crippen molar-refractivity contribution in [1.29, 1.82) is 0 Å². The molecular weight excluding hydrogens is 234 g/mol. The second-order valence-electron chi connectivity index (χ2n) is 3.57. The van der Waals surface area contributed by atoms with E-state index in [-0.39, 0.29) is 11.7 Å². The number of fused-ring (bicyclic) bond motifs is 1. The fourth-order valence-corrected chi connectivity index (χ4v) is 1.48. The predicted octanol–water partition coefficient (Wildman–Crippen LogP) is -0.631. The lowest BCUT2D eigenvalue weighted by molar-refractivity contribution is 0.959. The maximum atomic E-state index is 5.56. The largest absolute Gasteiger partial charge is 0.380 e. The van der Waals surface area contributed by atoms with Gasteiger partial charge in [0.05, 0.1) is 5.69 Å². The number of anilines is 1. The van der Waals surface area contributed by atoms with E-state index in [0.717, 1.165) is 16.7 Å². The first-order valence-electron chi connectivity index (χ1n) is 5.05. The summed E-state index contributed by atoms with van der Waals surface area (Å²) in [6.07, 6.45) is 0. The van der Waals surface area contributed by atoms with Crippen LogP contribution in [0.1, 0.15) is 0 Å². The molecule has 0 radical (unpaired) electrons. The van der Waals surface area contributed by atoms with Crippen molar-refractivity contribution in [1.82, 2.24) is 15.4 Å². The Hall–Kier alpha value is -2.97. The van der Waals surface area contributed by atoms with Crippen molar-refractivity contribution in [3.8, 4) is 0 Å². The molecule has 0 atom stereocenters. The molecule has 0 amide bonds. The summed E-state index contributed by atoms with van der Waals surface area (Å²) < 4.78 is 0. The van der Waals surface area contributed by atoms with Crippen molar-refractivity contribution in [2.75, 3.05) is 5.43 Å². The minimum absolute atomic E-state index is 0.183. The molecule has 9 heteroatoms. The topological polar surface area (TPSA) is 143 Å². The van der Waals surface area contributed by atoms with Crippen molar-refractivity contribution in [3.05, 3.63) is 18.2 Å². The summed E-state index contributed by atoms with van der Waals surface area (Å²) in [5.74, 6) is 0.366. The molecule has 0 spiro atoms. The molecule has 0 saturated carbocycles. The van der Waals surface area contributed by atoms with Crippen molar-refractivity contribution in [2.24, 2.45) is 26.8 Å². The summed E-state index contributed by atoms with van der Waals surface area (Å²) in [7, 11) is 0. The highest BCUT2D eigenvalue weighted by Gasteiger charge is 2.16. The lowest BCUT2D eigenvalue weighted by Crippen LogP contribution is -2.32. The number of benzene rings is 1.